The van der Waals surface area contributed by atoms with Crippen molar-refractivity contribution in [3.05, 3.63) is 86.6 Å². The first-order chi connectivity index (χ1) is 18.0. The summed E-state index contributed by atoms with van der Waals surface area (Å²) in [5.41, 5.74) is -1.64. The molecule has 1 aliphatic heterocycles. The predicted octanol–water partition coefficient (Wildman–Crippen LogP) is 3.69. The number of methoxy groups -OCH3 is 1. The highest BCUT2D eigenvalue weighted by Crippen LogP contribution is 2.36. The van der Waals surface area contributed by atoms with E-state index in [1.807, 2.05) is 0 Å². The van der Waals surface area contributed by atoms with E-state index in [0.29, 0.717) is 9.59 Å². The van der Waals surface area contributed by atoms with Crippen molar-refractivity contribution in [1.29, 1.82) is 0 Å². The number of aromatic nitrogens is 2. The second-order valence-electron chi connectivity index (χ2n) is 8.55. The molecule has 2 heterocycles. The van der Waals surface area contributed by atoms with Crippen LogP contribution in [0.4, 0.5) is 23.2 Å². The van der Waals surface area contributed by atoms with Crippen LogP contribution >= 0.6 is 11.6 Å². The Kier molecular flexibility index (Phi) is 7.72. The molecule has 2 aromatic carbocycles. The van der Waals surface area contributed by atoms with Crippen molar-refractivity contribution in [1.82, 2.24) is 14.9 Å². The van der Waals surface area contributed by atoms with Crippen LogP contribution < -0.4 is 20.5 Å². The van der Waals surface area contributed by atoms with Crippen LogP contribution in [0.3, 0.4) is 0 Å². The van der Waals surface area contributed by atoms with E-state index < -0.39 is 66.0 Å². The van der Waals surface area contributed by atoms with E-state index in [0.717, 1.165) is 23.4 Å². The second-order valence-corrected chi connectivity index (χ2v) is 8.98. The van der Waals surface area contributed by atoms with Gasteiger partial charge in [0.1, 0.15) is 29.1 Å². The molecule has 1 saturated heterocycles. The maximum Gasteiger partial charge on any atom is 0.277 e. The van der Waals surface area contributed by atoms with Gasteiger partial charge in [0.25, 0.3) is 23.8 Å². The van der Waals surface area contributed by atoms with E-state index in [-0.39, 0.29) is 22.7 Å². The van der Waals surface area contributed by atoms with Gasteiger partial charge in [-0.2, -0.15) is 0 Å². The standard InChI is InChI=1S/C25H21ClF4N4O4/c1-12-22(25(37)33(11-31-12)10-19(29)30)34-9-16(20-17(27)7-15(38-2)8-18(20)28)21(24(34)36)32-23(35)13-3-5-14(26)6-4-13/h3-8,11,16,19,21H,9-10H2,1-2H3,(H,32,35)/t16-,21?/m0/s1. The minimum absolute atomic E-state index is 0.0352. The number of carbonyl (C=O) groups is 2. The number of anilines is 1. The Morgan fingerprint density at radius 3 is 2.39 bits per heavy atom. The van der Waals surface area contributed by atoms with Crippen LogP contribution in [0, 0.1) is 18.6 Å². The van der Waals surface area contributed by atoms with E-state index in [4.69, 9.17) is 16.3 Å². The van der Waals surface area contributed by atoms with Gasteiger partial charge in [-0.1, -0.05) is 11.6 Å². The lowest BCUT2D eigenvalue weighted by atomic mass is 9.92. The fourth-order valence-corrected chi connectivity index (χ4v) is 4.49. The second kappa shape index (κ2) is 10.8. The molecule has 1 aromatic heterocycles. The number of nitrogens with one attached hydrogen (secondary N) is 1. The molecule has 1 aliphatic rings. The lowest BCUT2D eigenvalue weighted by Gasteiger charge is -2.20. The van der Waals surface area contributed by atoms with Crippen molar-refractivity contribution in [3.63, 3.8) is 0 Å². The van der Waals surface area contributed by atoms with E-state index in [9.17, 15) is 23.2 Å². The minimum Gasteiger partial charge on any atom is -0.497 e. The van der Waals surface area contributed by atoms with Gasteiger partial charge in [0.05, 0.1) is 25.7 Å². The Morgan fingerprint density at radius 2 is 1.82 bits per heavy atom. The molecule has 4 rings (SSSR count). The van der Waals surface area contributed by atoms with Gasteiger partial charge in [-0.15, -0.1) is 0 Å². The average molecular weight is 553 g/mol. The molecule has 1 fully saturated rings. The Hall–Kier alpha value is -3.93. The summed E-state index contributed by atoms with van der Waals surface area (Å²) >= 11 is 5.86. The van der Waals surface area contributed by atoms with Crippen molar-refractivity contribution >= 4 is 29.1 Å². The summed E-state index contributed by atoms with van der Waals surface area (Å²) < 4.78 is 61.7. The molecule has 0 bridgehead atoms. The van der Waals surface area contributed by atoms with Crippen LogP contribution in [0.2, 0.25) is 5.02 Å². The van der Waals surface area contributed by atoms with Crippen LogP contribution in [0.5, 0.6) is 5.75 Å². The first-order valence-electron chi connectivity index (χ1n) is 11.3. The molecule has 0 spiro atoms. The Labute approximate surface area is 218 Å². The van der Waals surface area contributed by atoms with Gasteiger partial charge in [-0.3, -0.25) is 19.0 Å². The molecule has 2 atom stereocenters. The van der Waals surface area contributed by atoms with Crippen LogP contribution in [-0.2, 0) is 11.3 Å². The molecule has 0 aliphatic carbocycles. The quantitative estimate of drug-likeness (QED) is 0.451. The van der Waals surface area contributed by atoms with Gasteiger partial charge in [0.2, 0.25) is 0 Å². The molecule has 38 heavy (non-hydrogen) atoms. The molecule has 2 amide bonds. The first kappa shape index (κ1) is 27.1. The molecule has 200 valence electrons. The minimum atomic E-state index is -2.87. The molecule has 8 nitrogen and oxygen atoms in total. The fourth-order valence-electron chi connectivity index (χ4n) is 4.36. The lowest BCUT2D eigenvalue weighted by Crippen LogP contribution is -2.45. The predicted molar refractivity (Wildman–Crippen MR) is 130 cm³/mol. The number of hydrogen-bond donors (Lipinski definition) is 1. The number of amides is 2. The van der Waals surface area contributed by atoms with Gasteiger partial charge in [0, 0.05) is 40.7 Å². The summed E-state index contributed by atoms with van der Waals surface area (Å²) in [6.45, 7) is -0.0239. The number of halogens is 5. The van der Waals surface area contributed by atoms with Gasteiger partial charge in [0.15, 0.2) is 0 Å². The normalized spacial score (nSPS) is 17.3. The number of carbonyl (C=O) groups excluding carboxylic acids is 2. The van der Waals surface area contributed by atoms with Gasteiger partial charge >= 0.3 is 0 Å². The highest BCUT2D eigenvalue weighted by Gasteiger charge is 2.46. The van der Waals surface area contributed by atoms with Gasteiger partial charge < -0.3 is 15.0 Å². The number of alkyl halides is 2. The smallest absolute Gasteiger partial charge is 0.277 e. The van der Waals surface area contributed by atoms with Crippen LogP contribution in [0.1, 0.15) is 27.5 Å². The van der Waals surface area contributed by atoms with Gasteiger partial charge in [-0.25, -0.2) is 22.5 Å². The van der Waals surface area contributed by atoms with E-state index in [1.54, 1.807) is 0 Å². The number of ether oxygens (including phenoxy) is 1. The van der Waals surface area contributed by atoms with E-state index in [2.05, 4.69) is 10.3 Å². The maximum absolute atomic E-state index is 15.1. The largest absolute Gasteiger partial charge is 0.497 e. The zero-order valence-corrected chi connectivity index (χ0v) is 20.8. The fraction of sp³-hybridized carbons (Fsp3) is 0.280. The Bertz CT molecular complexity index is 1430. The molecule has 1 N–H and O–H groups in total. The molecule has 0 saturated carbocycles. The number of benzene rings is 2. The highest BCUT2D eigenvalue weighted by molar-refractivity contribution is 6.30. The lowest BCUT2D eigenvalue weighted by molar-refractivity contribution is -0.118. The van der Waals surface area contributed by atoms with Crippen molar-refractivity contribution in [2.45, 2.75) is 31.9 Å². The third kappa shape index (κ3) is 5.21. The molecule has 3 aromatic rings. The summed E-state index contributed by atoms with van der Waals surface area (Å²) in [6, 6.07) is 6.02. The monoisotopic (exact) mass is 552 g/mol. The summed E-state index contributed by atoms with van der Waals surface area (Å²) in [5, 5.41) is 2.85. The average Bonchev–Trinajstić information content (AvgIpc) is 3.16. The van der Waals surface area contributed by atoms with Gasteiger partial charge in [-0.05, 0) is 31.2 Å². The zero-order valence-electron chi connectivity index (χ0n) is 20.1. The highest BCUT2D eigenvalue weighted by atomic mass is 35.5. The summed E-state index contributed by atoms with van der Waals surface area (Å²) in [5.74, 6) is -5.09. The van der Waals surface area contributed by atoms with Crippen molar-refractivity contribution in [2.24, 2.45) is 0 Å². The summed E-state index contributed by atoms with van der Waals surface area (Å²) in [7, 11) is 1.22. The topological polar surface area (TPSA) is 93.5 Å². The number of hydrogen-bond acceptors (Lipinski definition) is 5. The summed E-state index contributed by atoms with van der Waals surface area (Å²) in [4.78, 5) is 44.4. The molecular formula is C25H21ClF4N4O4. The molecule has 13 heteroatoms. The van der Waals surface area contributed by atoms with Crippen LogP contribution in [0.25, 0.3) is 0 Å². The zero-order chi connectivity index (χ0) is 27.7. The van der Waals surface area contributed by atoms with E-state index in [1.165, 1.54) is 38.3 Å². The van der Waals surface area contributed by atoms with Crippen molar-refractivity contribution in [2.75, 3.05) is 18.6 Å². The Balaban J connectivity index is 1.80. The third-order valence-corrected chi connectivity index (χ3v) is 6.42. The molecule has 0 radical (unpaired) electrons. The van der Waals surface area contributed by atoms with E-state index >= 15 is 8.78 Å². The number of aryl methyl sites for hydroxylation is 1. The van der Waals surface area contributed by atoms with Crippen LogP contribution in [0.15, 0.2) is 47.5 Å². The number of rotatable bonds is 7. The third-order valence-electron chi connectivity index (χ3n) is 6.17. The molecular weight excluding hydrogens is 532 g/mol. The van der Waals surface area contributed by atoms with Crippen molar-refractivity contribution < 1.29 is 31.9 Å². The van der Waals surface area contributed by atoms with Crippen LogP contribution in [-0.4, -0.2) is 47.5 Å². The van der Waals surface area contributed by atoms with Crippen molar-refractivity contribution in [3.8, 4) is 5.75 Å². The maximum atomic E-state index is 15.1. The molecule has 1 unspecified atom stereocenters. The first-order valence-corrected chi connectivity index (χ1v) is 11.6. The Morgan fingerprint density at radius 1 is 1.18 bits per heavy atom. The summed E-state index contributed by atoms with van der Waals surface area (Å²) in [6.07, 6.45) is -1.95. The number of nitrogens with zero attached hydrogens (tertiary/aromatic N) is 3. The SMILES string of the molecule is COc1cc(F)c([C@@H]2CN(c3c(C)ncn(CC(F)F)c3=O)C(=O)C2NC(=O)c2ccc(Cl)cc2)c(F)c1.